The van der Waals surface area contributed by atoms with Crippen LogP contribution in [0.1, 0.15) is 31.9 Å². The molecule has 0 spiro atoms. The molecule has 0 saturated heterocycles. The molecule has 16 heavy (non-hydrogen) atoms. The Morgan fingerprint density at radius 1 is 1.38 bits per heavy atom. The van der Waals surface area contributed by atoms with Gasteiger partial charge in [0.2, 0.25) is 0 Å². The SMILES string of the molecule is CCNC(CC)C(O)c1cccc(OC)c1. The van der Waals surface area contributed by atoms with Gasteiger partial charge in [-0.1, -0.05) is 26.0 Å². The first-order valence-electron chi connectivity index (χ1n) is 5.78. The maximum absolute atomic E-state index is 10.2. The van der Waals surface area contributed by atoms with E-state index in [9.17, 15) is 5.11 Å². The summed E-state index contributed by atoms with van der Waals surface area (Å²) in [5, 5.41) is 13.5. The number of rotatable bonds is 6. The van der Waals surface area contributed by atoms with E-state index in [0.29, 0.717) is 0 Å². The number of ether oxygens (including phenoxy) is 1. The summed E-state index contributed by atoms with van der Waals surface area (Å²) in [5.74, 6) is 0.780. The van der Waals surface area contributed by atoms with Crippen LogP contribution < -0.4 is 10.1 Å². The highest BCUT2D eigenvalue weighted by molar-refractivity contribution is 5.30. The molecule has 0 aliphatic carbocycles. The molecule has 0 amide bonds. The Bertz CT molecular complexity index is 315. The fraction of sp³-hybridized carbons (Fsp3) is 0.538. The van der Waals surface area contributed by atoms with E-state index < -0.39 is 6.10 Å². The van der Waals surface area contributed by atoms with Gasteiger partial charge in [0.1, 0.15) is 5.75 Å². The van der Waals surface area contributed by atoms with Crippen molar-refractivity contribution in [2.24, 2.45) is 0 Å². The lowest BCUT2D eigenvalue weighted by Gasteiger charge is -2.23. The molecular formula is C13H21NO2. The molecule has 0 aliphatic rings. The highest BCUT2D eigenvalue weighted by Crippen LogP contribution is 2.22. The standard InChI is InChI=1S/C13H21NO2/c1-4-12(14-5-2)13(15)10-7-6-8-11(9-10)16-3/h6-9,12-15H,4-5H2,1-3H3. The van der Waals surface area contributed by atoms with E-state index in [4.69, 9.17) is 4.74 Å². The minimum Gasteiger partial charge on any atom is -0.497 e. The molecule has 0 fully saturated rings. The molecule has 1 rings (SSSR count). The molecule has 1 aromatic carbocycles. The Labute approximate surface area is 97.4 Å². The van der Waals surface area contributed by atoms with Gasteiger partial charge in [-0.15, -0.1) is 0 Å². The number of methoxy groups -OCH3 is 1. The highest BCUT2D eigenvalue weighted by atomic mass is 16.5. The predicted octanol–water partition coefficient (Wildman–Crippen LogP) is 2.12. The molecule has 0 aromatic heterocycles. The van der Waals surface area contributed by atoms with Crippen LogP contribution in [0.3, 0.4) is 0 Å². The lowest BCUT2D eigenvalue weighted by atomic mass is 10.00. The van der Waals surface area contributed by atoms with Crippen molar-refractivity contribution in [1.29, 1.82) is 0 Å². The second-order valence-corrected chi connectivity index (χ2v) is 3.79. The Morgan fingerprint density at radius 2 is 2.12 bits per heavy atom. The zero-order valence-electron chi connectivity index (χ0n) is 10.2. The fourth-order valence-electron chi connectivity index (χ4n) is 1.80. The Balaban J connectivity index is 2.80. The van der Waals surface area contributed by atoms with Crippen molar-refractivity contribution in [1.82, 2.24) is 5.32 Å². The van der Waals surface area contributed by atoms with Gasteiger partial charge >= 0.3 is 0 Å². The van der Waals surface area contributed by atoms with Gasteiger partial charge in [-0.3, -0.25) is 0 Å². The van der Waals surface area contributed by atoms with Gasteiger partial charge < -0.3 is 15.2 Å². The minimum absolute atomic E-state index is 0.0945. The first kappa shape index (κ1) is 13.0. The lowest BCUT2D eigenvalue weighted by molar-refractivity contribution is 0.127. The monoisotopic (exact) mass is 223 g/mol. The topological polar surface area (TPSA) is 41.5 Å². The molecular weight excluding hydrogens is 202 g/mol. The highest BCUT2D eigenvalue weighted by Gasteiger charge is 2.18. The van der Waals surface area contributed by atoms with E-state index in [1.165, 1.54) is 0 Å². The molecule has 1 aromatic rings. The molecule has 3 nitrogen and oxygen atoms in total. The van der Waals surface area contributed by atoms with E-state index >= 15 is 0 Å². The molecule has 0 radical (unpaired) electrons. The molecule has 3 heteroatoms. The first-order valence-corrected chi connectivity index (χ1v) is 5.78. The van der Waals surface area contributed by atoms with Crippen LogP contribution in [0.2, 0.25) is 0 Å². The molecule has 2 unspecified atom stereocenters. The van der Waals surface area contributed by atoms with Crippen LogP contribution >= 0.6 is 0 Å². The van der Waals surface area contributed by atoms with Crippen molar-refractivity contribution in [2.45, 2.75) is 32.4 Å². The Kier molecular flexibility index (Phi) is 5.29. The second-order valence-electron chi connectivity index (χ2n) is 3.79. The smallest absolute Gasteiger partial charge is 0.119 e. The Morgan fingerprint density at radius 3 is 2.69 bits per heavy atom. The molecule has 2 N–H and O–H groups in total. The van der Waals surface area contributed by atoms with Crippen LogP contribution in [0, 0.1) is 0 Å². The maximum atomic E-state index is 10.2. The Hall–Kier alpha value is -1.06. The van der Waals surface area contributed by atoms with Crippen LogP contribution in [0.25, 0.3) is 0 Å². The number of benzene rings is 1. The number of aliphatic hydroxyl groups excluding tert-OH is 1. The molecule has 0 heterocycles. The van der Waals surface area contributed by atoms with E-state index in [0.717, 1.165) is 24.3 Å². The van der Waals surface area contributed by atoms with E-state index in [1.807, 2.05) is 31.2 Å². The lowest BCUT2D eigenvalue weighted by Crippen LogP contribution is -2.34. The largest absolute Gasteiger partial charge is 0.497 e. The minimum atomic E-state index is -0.486. The third-order valence-electron chi connectivity index (χ3n) is 2.72. The fourth-order valence-corrected chi connectivity index (χ4v) is 1.80. The van der Waals surface area contributed by atoms with Gasteiger partial charge in [0.05, 0.1) is 13.2 Å². The summed E-state index contributed by atoms with van der Waals surface area (Å²) in [5.41, 5.74) is 0.896. The normalized spacial score (nSPS) is 14.5. The average Bonchev–Trinajstić information content (AvgIpc) is 2.35. The second kappa shape index (κ2) is 6.51. The summed E-state index contributed by atoms with van der Waals surface area (Å²) in [7, 11) is 1.63. The van der Waals surface area contributed by atoms with Crippen molar-refractivity contribution >= 4 is 0 Å². The maximum Gasteiger partial charge on any atom is 0.119 e. The van der Waals surface area contributed by atoms with Crippen LogP contribution in [0.15, 0.2) is 24.3 Å². The van der Waals surface area contributed by atoms with Gasteiger partial charge in [0.15, 0.2) is 0 Å². The van der Waals surface area contributed by atoms with Crippen molar-refractivity contribution in [3.8, 4) is 5.75 Å². The zero-order chi connectivity index (χ0) is 12.0. The van der Waals surface area contributed by atoms with Crippen molar-refractivity contribution in [3.05, 3.63) is 29.8 Å². The van der Waals surface area contributed by atoms with Gasteiger partial charge in [-0.2, -0.15) is 0 Å². The van der Waals surface area contributed by atoms with Crippen molar-refractivity contribution < 1.29 is 9.84 Å². The van der Waals surface area contributed by atoms with Crippen LogP contribution in [0.5, 0.6) is 5.75 Å². The summed E-state index contributed by atoms with van der Waals surface area (Å²) >= 11 is 0. The average molecular weight is 223 g/mol. The quantitative estimate of drug-likeness (QED) is 0.776. The van der Waals surface area contributed by atoms with Gasteiger partial charge in [-0.05, 0) is 30.7 Å². The summed E-state index contributed by atoms with van der Waals surface area (Å²) in [6, 6.07) is 7.68. The van der Waals surface area contributed by atoms with Crippen LogP contribution in [0.4, 0.5) is 0 Å². The number of hydrogen-bond acceptors (Lipinski definition) is 3. The molecule has 0 saturated carbocycles. The summed E-state index contributed by atoms with van der Waals surface area (Å²) in [6.07, 6.45) is 0.409. The molecule has 90 valence electrons. The number of aliphatic hydroxyl groups is 1. The van der Waals surface area contributed by atoms with Crippen molar-refractivity contribution in [2.75, 3.05) is 13.7 Å². The van der Waals surface area contributed by atoms with E-state index in [1.54, 1.807) is 7.11 Å². The third-order valence-corrected chi connectivity index (χ3v) is 2.72. The molecule has 0 bridgehead atoms. The van der Waals surface area contributed by atoms with Gasteiger partial charge in [0.25, 0.3) is 0 Å². The summed E-state index contributed by atoms with van der Waals surface area (Å²) < 4.78 is 5.15. The van der Waals surface area contributed by atoms with Gasteiger partial charge in [0, 0.05) is 6.04 Å². The van der Waals surface area contributed by atoms with Crippen molar-refractivity contribution in [3.63, 3.8) is 0 Å². The number of likely N-dealkylation sites (N-methyl/N-ethyl adjacent to an activating group) is 1. The van der Waals surface area contributed by atoms with Crippen LogP contribution in [-0.4, -0.2) is 24.8 Å². The molecule has 0 aliphatic heterocycles. The molecule has 2 atom stereocenters. The summed E-state index contributed by atoms with van der Waals surface area (Å²) in [6.45, 7) is 4.97. The zero-order valence-corrected chi connectivity index (χ0v) is 10.2. The number of nitrogens with one attached hydrogen (secondary N) is 1. The predicted molar refractivity (Wildman–Crippen MR) is 65.7 cm³/mol. The number of hydrogen-bond donors (Lipinski definition) is 2. The third kappa shape index (κ3) is 3.22. The van der Waals surface area contributed by atoms with Gasteiger partial charge in [-0.25, -0.2) is 0 Å². The van der Waals surface area contributed by atoms with E-state index in [-0.39, 0.29) is 6.04 Å². The van der Waals surface area contributed by atoms with Crippen LogP contribution in [-0.2, 0) is 0 Å². The summed E-state index contributed by atoms with van der Waals surface area (Å²) in [4.78, 5) is 0. The van der Waals surface area contributed by atoms with E-state index in [2.05, 4.69) is 12.2 Å². The first-order chi connectivity index (χ1) is 7.72.